The van der Waals surface area contributed by atoms with Gasteiger partial charge in [-0.2, -0.15) is 0 Å². The summed E-state index contributed by atoms with van der Waals surface area (Å²) in [5, 5.41) is 13.3. The maximum Gasteiger partial charge on any atom is 0.357 e. The number of hydrogen-bond donors (Lipinski definition) is 2. The van der Waals surface area contributed by atoms with Gasteiger partial charge in [-0.15, -0.1) is 11.3 Å². The number of carboxylic acid groups (broad SMARTS) is 1. The van der Waals surface area contributed by atoms with E-state index >= 15 is 0 Å². The SMILES string of the molecule is Cc1nc(C(=O)O)c(Nc2cccnc2C)s1. The maximum absolute atomic E-state index is 11.0. The Morgan fingerprint density at radius 2 is 2.24 bits per heavy atom. The molecule has 6 heteroatoms. The second-order valence-corrected chi connectivity index (χ2v) is 4.68. The molecule has 5 nitrogen and oxygen atoms in total. The predicted molar refractivity (Wildman–Crippen MR) is 66.1 cm³/mol. The van der Waals surface area contributed by atoms with E-state index in [9.17, 15) is 4.79 Å². The molecule has 0 aliphatic carbocycles. The van der Waals surface area contributed by atoms with Crippen molar-refractivity contribution in [2.75, 3.05) is 5.32 Å². The van der Waals surface area contributed by atoms with E-state index in [4.69, 9.17) is 5.11 Å². The number of pyridine rings is 1. The standard InChI is InChI=1S/C11H11N3O2S/c1-6-8(4-3-5-12-6)14-10-9(11(15)16)13-7(2)17-10/h3-5,14H,1-2H3,(H,15,16). The lowest BCUT2D eigenvalue weighted by Crippen LogP contribution is -2.02. The van der Waals surface area contributed by atoms with Gasteiger partial charge in [0.05, 0.1) is 16.4 Å². The molecule has 0 unspecified atom stereocenters. The Morgan fingerprint density at radius 3 is 2.88 bits per heavy atom. The van der Waals surface area contributed by atoms with Crippen molar-refractivity contribution < 1.29 is 9.90 Å². The van der Waals surface area contributed by atoms with Crippen molar-refractivity contribution in [3.8, 4) is 0 Å². The zero-order valence-corrected chi connectivity index (χ0v) is 10.2. The van der Waals surface area contributed by atoms with Gasteiger partial charge < -0.3 is 10.4 Å². The van der Waals surface area contributed by atoms with E-state index in [0.29, 0.717) is 10.0 Å². The first kappa shape index (κ1) is 11.5. The van der Waals surface area contributed by atoms with Crippen molar-refractivity contribution in [2.45, 2.75) is 13.8 Å². The monoisotopic (exact) mass is 249 g/mol. The van der Waals surface area contributed by atoms with Crippen LogP contribution < -0.4 is 5.32 Å². The molecular weight excluding hydrogens is 238 g/mol. The number of aromatic nitrogens is 2. The smallest absolute Gasteiger partial charge is 0.357 e. The van der Waals surface area contributed by atoms with Gasteiger partial charge in [0.25, 0.3) is 0 Å². The average Bonchev–Trinajstić information content (AvgIpc) is 2.63. The number of aryl methyl sites for hydroxylation is 2. The first-order valence-corrected chi connectivity index (χ1v) is 5.79. The molecule has 0 aliphatic heterocycles. The molecule has 0 saturated carbocycles. The molecule has 0 fully saturated rings. The summed E-state index contributed by atoms with van der Waals surface area (Å²) in [5.41, 5.74) is 1.66. The zero-order chi connectivity index (χ0) is 12.4. The molecule has 0 aromatic carbocycles. The molecule has 0 saturated heterocycles. The largest absolute Gasteiger partial charge is 0.476 e. The predicted octanol–water partition coefficient (Wildman–Crippen LogP) is 2.60. The molecule has 2 aromatic rings. The highest BCUT2D eigenvalue weighted by Crippen LogP contribution is 2.28. The maximum atomic E-state index is 11.0. The van der Waals surface area contributed by atoms with Gasteiger partial charge in [-0.25, -0.2) is 9.78 Å². The third kappa shape index (κ3) is 2.42. The van der Waals surface area contributed by atoms with E-state index in [1.54, 1.807) is 19.2 Å². The molecule has 0 radical (unpaired) electrons. The number of carboxylic acids is 1. The number of carbonyl (C=O) groups is 1. The van der Waals surface area contributed by atoms with Crippen LogP contribution in [-0.4, -0.2) is 21.0 Å². The molecule has 0 bridgehead atoms. The minimum absolute atomic E-state index is 0.0516. The van der Waals surface area contributed by atoms with Crippen molar-refractivity contribution in [1.29, 1.82) is 0 Å². The Morgan fingerprint density at radius 1 is 1.47 bits per heavy atom. The first-order chi connectivity index (χ1) is 8.08. The summed E-state index contributed by atoms with van der Waals surface area (Å²) in [7, 11) is 0. The average molecular weight is 249 g/mol. The lowest BCUT2D eigenvalue weighted by molar-refractivity contribution is 0.0692. The van der Waals surface area contributed by atoms with E-state index in [1.807, 2.05) is 13.0 Å². The summed E-state index contributed by atoms with van der Waals surface area (Å²) >= 11 is 1.32. The van der Waals surface area contributed by atoms with Gasteiger partial charge in [-0.05, 0) is 26.0 Å². The van der Waals surface area contributed by atoms with Gasteiger partial charge in [0.15, 0.2) is 5.69 Å². The van der Waals surface area contributed by atoms with Crippen LogP contribution in [0.2, 0.25) is 0 Å². The lowest BCUT2D eigenvalue weighted by atomic mass is 10.3. The molecule has 2 rings (SSSR count). The second-order valence-electron chi connectivity index (χ2n) is 3.48. The van der Waals surface area contributed by atoms with Crippen LogP contribution in [0.5, 0.6) is 0 Å². The summed E-state index contributed by atoms with van der Waals surface area (Å²) in [5.74, 6) is -1.03. The minimum atomic E-state index is -1.03. The lowest BCUT2D eigenvalue weighted by Gasteiger charge is -2.06. The van der Waals surface area contributed by atoms with Crippen molar-refractivity contribution in [2.24, 2.45) is 0 Å². The molecule has 0 spiro atoms. The van der Waals surface area contributed by atoms with Crippen LogP contribution in [0.4, 0.5) is 10.7 Å². The Hall–Kier alpha value is -1.95. The number of nitrogens with one attached hydrogen (secondary N) is 1. The summed E-state index contributed by atoms with van der Waals surface area (Å²) in [6, 6.07) is 3.65. The summed E-state index contributed by atoms with van der Waals surface area (Å²) < 4.78 is 0. The van der Waals surface area contributed by atoms with Gasteiger partial charge in [0.2, 0.25) is 0 Å². The number of anilines is 2. The third-order valence-corrected chi connectivity index (χ3v) is 3.08. The normalized spacial score (nSPS) is 10.2. The molecule has 2 aromatic heterocycles. The van der Waals surface area contributed by atoms with Gasteiger partial charge >= 0.3 is 5.97 Å². The fourth-order valence-electron chi connectivity index (χ4n) is 1.40. The van der Waals surface area contributed by atoms with Crippen molar-refractivity contribution in [3.63, 3.8) is 0 Å². The molecule has 2 N–H and O–H groups in total. The van der Waals surface area contributed by atoms with Gasteiger partial charge in [0.1, 0.15) is 5.00 Å². The van der Waals surface area contributed by atoms with Crippen LogP contribution in [0.15, 0.2) is 18.3 Å². The summed E-state index contributed by atoms with van der Waals surface area (Å²) in [6.07, 6.45) is 1.69. The Balaban J connectivity index is 2.36. The van der Waals surface area contributed by atoms with Gasteiger partial charge in [-0.3, -0.25) is 4.98 Å². The van der Waals surface area contributed by atoms with Crippen LogP contribution >= 0.6 is 11.3 Å². The highest BCUT2D eigenvalue weighted by Gasteiger charge is 2.16. The van der Waals surface area contributed by atoms with E-state index in [-0.39, 0.29) is 5.69 Å². The zero-order valence-electron chi connectivity index (χ0n) is 9.39. The van der Waals surface area contributed by atoms with Gasteiger partial charge in [0, 0.05) is 6.20 Å². The van der Waals surface area contributed by atoms with Crippen LogP contribution in [-0.2, 0) is 0 Å². The van der Waals surface area contributed by atoms with E-state index in [2.05, 4.69) is 15.3 Å². The number of hydrogen-bond acceptors (Lipinski definition) is 5. The van der Waals surface area contributed by atoms with Gasteiger partial charge in [-0.1, -0.05) is 0 Å². The summed E-state index contributed by atoms with van der Waals surface area (Å²) in [4.78, 5) is 19.1. The molecule has 0 amide bonds. The first-order valence-electron chi connectivity index (χ1n) is 4.97. The number of rotatable bonds is 3. The number of aromatic carboxylic acids is 1. The van der Waals surface area contributed by atoms with Crippen molar-refractivity contribution in [1.82, 2.24) is 9.97 Å². The molecule has 0 atom stereocenters. The Labute approximate surface area is 102 Å². The summed E-state index contributed by atoms with van der Waals surface area (Å²) in [6.45, 7) is 3.63. The fraction of sp³-hybridized carbons (Fsp3) is 0.182. The highest BCUT2D eigenvalue weighted by atomic mass is 32.1. The Kier molecular flexibility index (Phi) is 3.06. The quantitative estimate of drug-likeness (QED) is 0.874. The molecular formula is C11H11N3O2S. The van der Waals surface area contributed by atoms with E-state index < -0.39 is 5.97 Å². The van der Waals surface area contributed by atoms with Crippen molar-refractivity contribution in [3.05, 3.63) is 34.7 Å². The van der Waals surface area contributed by atoms with Crippen LogP contribution in [0.3, 0.4) is 0 Å². The van der Waals surface area contributed by atoms with Crippen LogP contribution in [0, 0.1) is 13.8 Å². The third-order valence-electron chi connectivity index (χ3n) is 2.19. The molecule has 17 heavy (non-hydrogen) atoms. The van der Waals surface area contributed by atoms with Crippen molar-refractivity contribution >= 4 is 28.0 Å². The van der Waals surface area contributed by atoms with Crippen LogP contribution in [0.1, 0.15) is 21.2 Å². The molecule has 2 heterocycles. The van der Waals surface area contributed by atoms with E-state index in [0.717, 1.165) is 11.4 Å². The molecule has 88 valence electrons. The highest BCUT2D eigenvalue weighted by molar-refractivity contribution is 7.16. The second kappa shape index (κ2) is 4.50. The molecule has 0 aliphatic rings. The fourth-order valence-corrected chi connectivity index (χ4v) is 2.22. The minimum Gasteiger partial charge on any atom is -0.476 e. The van der Waals surface area contributed by atoms with Crippen LogP contribution in [0.25, 0.3) is 0 Å². The van der Waals surface area contributed by atoms with E-state index in [1.165, 1.54) is 11.3 Å². The topological polar surface area (TPSA) is 75.1 Å². The number of thiazole rings is 1. The Bertz CT molecular complexity index is 566. The number of nitrogens with zero attached hydrogens (tertiary/aromatic N) is 2.